The highest BCUT2D eigenvalue weighted by molar-refractivity contribution is 6.35. The van der Waals surface area contributed by atoms with Crippen LogP contribution in [0.5, 0.6) is 0 Å². The monoisotopic (exact) mass is 497 g/mol. The van der Waals surface area contributed by atoms with Gasteiger partial charge in [-0.1, -0.05) is 36.2 Å². The Kier molecular flexibility index (Phi) is 5.66. The molecular weight excluding hydrogens is 480 g/mol. The number of imidazole rings is 1. The lowest BCUT2D eigenvalue weighted by Gasteiger charge is -2.22. The second-order valence-electron chi connectivity index (χ2n) is 7.73. The molecule has 0 radical (unpaired) electrons. The minimum absolute atomic E-state index is 0.00467. The summed E-state index contributed by atoms with van der Waals surface area (Å²) in [6.45, 7) is 3.81. The first-order valence-electron chi connectivity index (χ1n) is 10.5. The van der Waals surface area contributed by atoms with Crippen LogP contribution in [0.15, 0.2) is 47.8 Å². The summed E-state index contributed by atoms with van der Waals surface area (Å²) in [5.41, 5.74) is 2.25. The number of benzene rings is 2. The Morgan fingerprint density at radius 3 is 2.76 bits per heavy atom. The SMILES string of the molecule is CCC(Nc1ncnc2nc[nH]c12)c1nc2ccc(F)c(Cl)c2c(=O)n1-c1ccc(C)c(Cl)c1. The van der Waals surface area contributed by atoms with Gasteiger partial charge in [0.05, 0.1) is 34.0 Å². The van der Waals surface area contributed by atoms with Crippen molar-refractivity contribution in [3.63, 3.8) is 0 Å². The Balaban J connectivity index is 1.77. The minimum Gasteiger partial charge on any atom is -0.358 e. The number of hydrogen-bond donors (Lipinski definition) is 2. The topological polar surface area (TPSA) is 101 Å². The van der Waals surface area contributed by atoms with Crippen LogP contribution in [0.1, 0.15) is 30.8 Å². The summed E-state index contributed by atoms with van der Waals surface area (Å²) in [5, 5.41) is 3.55. The number of aromatic amines is 1. The summed E-state index contributed by atoms with van der Waals surface area (Å²) in [5.74, 6) is 0.213. The molecule has 8 nitrogen and oxygen atoms in total. The van der Waals surface area contributed by atoms with Crippen LogP contribution >= 0.6 is 23.2 Å². The average Bonchev–Trinajstić information content (AvgIpc) is 3.31. The van der Waals surface area contributed by atoms with Gasteiger partial charge in [0.25, 0.3) is 5.56 Å². The highest BCUT2D eigenvalue weighted by Gasteiger charge is 2.24. The van der Waals surface area contributed by atoms with Crippen molar-refractivity contribution in [3.8, 4) is 5.69 Å². The van der Waals surface area contributed by atoms with E-state index in [0.717, 1.165) is 5.56 Å². The lowest BCUT2D eigenvalue weighted by molar-refractivity contribution is 0.628. The second-order valence-corrected chi connectivity index (χ2v) is 8.51. The Hall–Kier alpha value is -3.56. The Morgan fingerprint density at radius 2 is 2.00 bits per heavy atom. The Labute approximate surface area is 202 Å². The molecule has 0 spiro atoms. The molecule has 2 N–H and O–H groups in total. The molecule has 5 aromatic rings. The largest absolute Gasteiger partial charge is 0.358 e. The standard InChI is InChI=1S/C23H18Cl2FN7O/c1-3-15(31-21-19-20(28-9-27-19)29-10-30-21)22-32-16-7-6-14(26)18(25)17(16)23(34)33(22)12-5-4-11(2)13(24)8-12/h4-10,15H,3H2,1-2H3,(H2,27,28,29,30,31). The van der Waals surface area contributed by atoms with Crippen molar-refractivity contribution in [1.82, 2.24) is 29.5 Å². The molecule has 172 valence electrons. The zero-order valence-corrected chi connectivity index (χ0v) is 19.6. The maximum absolute atomic E-state index is 14.2. The third-order valence-corrected chi connectivity index (χ3v) is 6.40. The summed E-state index contributed by atoms with van der Waals surface area (Å²) in [7, 11) is 0. The molecule has 0 fully saturated rings. The number of halogens is 3. The van der Waals surface area contributed by atoms with Crippen LogP contribution in [0, 0.1) is 12.7 Å². The minimum atomic E-state index is -0.693. The summed E-state index contributed by atoms with van der Waals surface area (Å²) < 4.78 is 15.7. The molecule has 0 aliphatic carbocycles. The molecule has 34 heavy (non-hydrogen) atoms. The summed E-state index contributed by atoms with van der Waals surface area (Å²) in [6, 6.07) is 7.42. The highest BCUT2D eigenvalue weighted by Crippen LogP contribution is 2.29. The van der Waals surface area contributed by atoms with Crippen molar-refractivity contribution < 1.29 is 4.39 Å². The van der Waals surface area contributed by atoms with Crippen molar-refractivity contribution in [1.29, 1.82) is 0 Å². The third kappa shape index (κ3) is 3.66. The van der Waals surface area contributed by atoms with Crippen molar-refractivity contribution >= 4 is 51.1 Å². The van der Waals surface area contributed by atoms with E-state index >= 15 is 0 Å². The van der Waals surface area contributed by atoms with Crippen LogP contribution in [0.3, 0.4) is 0 Å². The molecule has 0 aliphatic rings. The van der Waals surface area contributed by atoms with E-state index < -0.39 is 17.4 Å². The van der Waals surface area contributed by atoms with E-state index in [4.69, 9.17) is 28.2 Å². The molecule has 3 heterocycles. The second kappa shape index (κ2) is 8.66. The predicted molar refractivity (Wildman–Crippen MR) is 130 cm³/mol. The number of hydrogen-bond acceptors (Lipinski definition) is 6. The first kappa shape index (κ1) is 22.2. The molecule has 5 rings (SSSR count). The van der Waals surface area contributed by atoms with E-state index in [1.165, 1.54) is 29.4 Å². The molecular formula is C23H18Cl2FN7O. The van der Waals surface area contributed by atoms with Crippen LogP contribution in [-0.4, -0.2) is 29.5 Å². The Bertz CT molecular complexity index is 1620. The van der Waals surface area contributed by atoms with Crippen LogP contribution < -0.4 is 10.9 Å². The zero-order chi connectivity index (χ0) is 24.0. The fraction of sp³-hybridized carbons (Fsp3) is 0.174. The molecule has 0 bridgehead atoms. The zero-order valence-electron chi connectivity index (χ0n) is 18.1. The lowest BCUT2D eigenvalue weighted by atomic mass is 10.1. The summed E-state index contributed by atoms with van der Waals surface area (Å²) in [4.78, 5) is 34.1. The number of nitrogens with one attached hydrogen (secondary N) is 2. The van der Waals surface area contributed by atoms with Crippen LogP contribution in [0.25, 0.3) is 27.8 Å². The fourth-order valence-electron chi connectivity index (χ4n) is 3.82. The predicted octanol–water partition coefficient (Wildman–Crippen LogP) is 5.37. The molecule has 2 aromatic carbocycles. The molecule has 0 saturated heterocycles. The van der Waals surface area contributed by atoms with Crippen molar-refractivity contribution in [2.24, 2.45) is 0 Å². The molecule has 0 saturated carbocycles. The number of fused-ring (bicyclic) bond motifs is 2. The van der Waals surface area contributed by atoms with E-state index in [-0.39, 0.29) is 15.9 Å². The van der Waals surface area contributed by atoms with Gasteiger partial charge in [0.2, 0.25) is 0 Å². The van der Waals surface area contributed by atoms with E-state index in [1.807, 2.05) is 13.8 Å². The van der Waals surface area contributed by atoms with Gasteiger partial charge in [0.1, 0.15) is 23.5 Å². The van der Waals surface area contributed by atoms with Crippen molar-refractivity contribution in [2.45, 2.75) is 26.3 Å². The van der Waals surface area contributed by atoms with E-state index in [1.54, 1.807) is 18.2 Å². The smallest absolute Gasteiger partial charge is 0.267 e. The van der Waals surface area contributed by atoms with Crippen LogP contribution in [0.2, 0.25) is 10.0 Å². The fourth-order valence-corrected chi connectivity index (χ4v) is 4.23. The first-order chi connectivity index (χ1) is 16.4. The van der Waals surface area contributed by atoms with Gasteiger partial charge in [-0.15, -0.1) is 0 Å². The summed E-state index contributed by atoms with van der Waals surface area (Å²) in [6.07, 6.45) is 3.48. The lowest BCUT2D eigenvalue weighted by Crippen LogP contribution is -2.28. The van der Waals surface area contributed by atoms with Gasteiger partial charge in [0, 0.05) is 5.02 Å². The van der Waals surface area contributed by atoms with Crippen LogP contribution in [-0.2, 0) is 0 Å². The van der Waals surface area contributed by atoms with Gasteiger partial charge in [-0.05, 0) is 43.2 Å². The third-order valence-electron chi connectivity index (χ3n) is 5.62. The Morgan fingerprint density at radius 1 is 1.18 bits per heavy atom. The number of aryl methyl sites for hydroxylation is 1. The van der Waals surface area contributed by atoms with E-state index in [9.17, 15) is 9.18 Å². The van der Waals surface area contributed by atoms with E-state index in [2.05, 4.69) is 25.3 Å². The molecule has 1 atom stereocenters. The van der Waals surface area contributed by atoms with Crippen molar-refractivity contribution in [3.05, 3.63) is 80.6 Å². The normalized spacial score (nSPS) is 12.4. The molecule has 11 heteroatoms. The van der Waals surface area contributed by atoms with Gasteiger partial charge in [-0.3, -0.25) is 9.36 Å². The van der Waals surface area contributed by atoms with Gasteiger partial charge >= 0.3 is 0 Å². The number of H-pyrrole nitrogens is 1. The number of anilines is 1. The number of aromatic nitrogens is 6. The number of rotatable bonds is 5. The molecule has 3 aromatic heterocycles. The molecule has 0 amide bonds. The van der Waals surface area contributed by atoms with Gasteiger partial charge in [-0.2, -0.15) is 0 Å². The van der Waals surface area contributed by atoms with Crippen molar-refractivity contribution in [2.75, 3.05) is 5.32 Å². The highest BCUT2D eigenvalue weighted by atomic mass is 35.5. The molecule has 1 unspecified atom stereocenters. The maximum atomic E-state index is 14.2. The molecule has 0 aliphatic heterocycles. The van der Waals surface area contributed by atoms with Gasteiger partial charge in [-0.25, -0.2) is 24.3 Å². The van der Waals surface area contributed by atoms with Gasteiger partial charge in [0.15, 0.2) is 11.5 Å². The van der Waals surface area contributed by atoms with Gasteiger partial charge < -0.3 is 10.3 Å². The van der Waals surface area contributed by atoms with Crippen LogP contribution in [0.4, 0.5) is 10.2 Å². The first-order valence-corrected chi connectivity index (χ1v) is 11.2. The maximum Gasteiger partial charge on any atom is 0.267 e. The quantitative estimate of drug-likeness (QED) is 0.338. The average molecular weight is 498 g/mol. The van der Waals surface area contributed by atoms with E-state index in [0.29, 0.717) is 39.9 Å². The summed E-state index contributed by atoms with van der Waals surface area (Å²) >= 11 is 12.6. The number of nitrogens with zero attached hydrogens (tertiary/aromatic N) is 5.